The van der Waals surface area contributed by atoms with E-state index in [2.05, 4.69) is 9.71 Å². The molecule has 1 amide bonds. The Bertz CT molecular complexity index is 649. The molecule has 108 valence electrons. The number of rotatable bonds is 3. The second kappa shape index (κ2) is 6.15. The van der Waals surface area contributed by atoms with Crippen molar-refractivity contribution in [3.8, 4) is 5.75 Å². The summed E-state index contributed by atoms with van der Waals surface area (Å²) in [4.78, 5) is 17.0. The van der Waals surface area contributed by atoms with E-state index >= 15 is 0 Å². The summed E-state index contributed by atoms with van der Waals surface area (Å²) in [6.45, 7) is 0.588. The fraction of sp³-hybridized carbons (Fsp3) is 0.200. The average Bonchev–Trinajstić information content (AvgIpc) is 2.53. The maximum absolute atomic E-state index is 12.2. The minimum Gasteiger partial charge on any atom is -0.493 e. The SMILES string of the molecule is NC1CCOc2cc(C(=O)NSc3ccncc3)ccc21. The standard InChI is InChI=1S/C15H15N3O2S/c16-13-5-8-20-14-9-10(1-2-12(13)14)15(19)18-21-11-3-6-17-7-4-11/h1-4,6-7,9,13H,5,8,16H2,(H,18,19). The van der Waals surface area contributed by atoms with Crippen LogP contribution in [0.25, 0.3) is 0 Å². The number of carbonyl (C=O) groups excluding carboxylic acids is 1. The molecular formula is C15H15N3O2S. The predicted octanol–water partition coefficient (Wildman–Crippen LogP) is 2.30. The Labute approximate surface area is 127 Å². The third-order valence-electron chi connectivity index (χ3n) is 3.27. The molecule has 1 atom stereocenters. The molecule has 1 aliphatic heterocycles. The molecule has 5 nitrogen and oxygen atoms in total. The zero-order chi connectivity index (χ0) is 14.7. The molecular weight excluding hydrogens is 286 g/mol. The Morgan fingerprint density at radius 2 is 2.14 bits per heavy atom. The number of nitrogens with two attached hydrogens (primary N) is 1. The summed E-state index contributed by atoms with van der Waals surface area (Å²) in [5, 5.41) is 0. The Hall–Kier alpha value is -2.05. The summed E-state index contributed by atoms with van der Waals surface area (Å²) < 4.78 is 8.37. The van der Waals surface area contributed by atoms with Gasteiger partial charge in [0.1, 0.15) is 5.75 Å². The Kier molecular flexibility index (Phi) is 4.08. The van der Waals surface area contributed by atoms with Crippen LogP contribution in [0.3, 0.4) is 0 Å². The van der Waals surface area contributed by atoms with Crippen molar-refractivity contribution in [3.63, 3.8) is 0 Å². The monoisotopic (exact) mass is 301 g/mol. The van der Waals surface area contributed by atoms with E-state index in [1.54, 1.807) is 24.5 Å². The highest BCUT2D eigenvalue weighted by Crippen LogP contribution is 2.31. The third-order valence-corrected chi connectivity index (χ3v) is 4.07. The molecule has 3 rings (SSSR count). The van der Waals surface area contributed by atoms with E-state index in [1.165, 1.54) is 11.9 Å². The van der Waals surface area contributed by atoms with Crippen molar-refractivity contribution in [3.05, 3.63) is 53.9 Å². The van der Waals surface area contributed by atoms with Crippen molar-refractivity contribution in [1.82, 2.24) is 9.71 Å². The molecule has 2 heterocycles. The van der Waals surface area contributed by atoms with Crippen molar-refractivity contribution in [2.24, 2.45) is 5.73 Å². The van der Waals surface area contributed by atoms with Crippen molar-refractivity contribution >= 4 is 17.9 Å². The third kappa shape index (κ3) is 3.17. The van der Waals surface area contributed by atoms with Gasteiger partial charge in [0.15, 0.2) is 0 Å². The first-order valence-electron chi connectivity index (χ1n) is 6.63. The lowest BCUT2D eigenvalue weighted by Crippen LogP contribution is -2.22. The lowest BCUT2D eigenvalue weighted by Gasteiger charge is -2.23. The van der Waals surface area contributed by atoms with Crippen molar-refractivity contribution < 1.29 is 9.53 Å². The second-order valence-corrected chi connectivity index (χ2v) is 5.59. The number of aromatic nitrogens is 1. The molecule has 0 bridgehead atoms. The molecule has 3 N–H and O–H groups in total. The normalized spacial score (nSPS) is 16.7. The number of amides is 1. The first-order valence-corrected chi connectivity index (χ1v) is 7.45. The van der Waals surface area contributed by atoms with E-state index in [1.807, 2.05) is 18.2 Å². The van der Waals surface area contributed by atoms with Gasteiger partial charge in [-0.15, -0.1) is 0 Å². The van der Waals surface area contributed by atoms with Gasteiger partial charge in [-0.25, -0.2) is 0 Å². The lowest BCUT2D eigenvalue weighted by molar-refractivity contribution is 0.0983. The zero-order valence-corrected chi connectivity index (χ0v) is 12.1. The summed E-state index contributed by atoms with van der Waals surface area (Å²) in [6.07, 6.45) is 4.17. The van der Waals surface area contributed by atoms with Crippen LogP contribution in [-0.2, 0) is 0 Å². The summed E-state index contributed by atoms with van der Waals surface area (Å²) in [6, 6.07) is 9.04. The van der Waals surface area contributed by atoms with Crippen molar-refractivity contribution in [2.45, 2.75) is 17.4 Å². The molecule has 1 aromatic heterocycles. The van der Waals surface area contributed by atoms with Crippen LogP contribution in [0.1, 0.15) is 28.4 Å². The molecule has 0 saturated carbocycles. The van der Waals surface area contributed by atoms with Gasteiger partial charge in [0, 0.05) is 40.9 Å². The van der Waals surface area contributed by atoms with Gasteiger partial charge in [-0.2, -0.15) is 0 Å². The Morgan fingerprint density at radius 3 is 2.95 bits per heavy atom. The number of carbonyl (C=O) groups is 1. The Balaban J connectivity index is 1.70. The van der Waals surface area contributed by atoms with E-state index in [-0.39, 0.29) is 11.9 Å². The molecule has 1 aliphatic rings. The fourth-order valence-electron chi connectivity index (χ4n) is 2.13. The van der Waals surface area contributed by atoms with E-state index in [0.717, 1.165) is 16.9 Å². The summed E-state index contributed by atoms with van der Waals surface area (Å²) >= 11 is 1.26. The number of pyridine rings is 1. The van der Waals surface area contributed by atoms with Gasteiger partial charge in [0.25, 0.3) is 5.91 Å². The highest BCUT2D eigenvalue weighted by atomic mass is 32.2. The molecule has 0 saturated heterocycles. The highest BCUT2D eigenvalue weighted by molar-refractivity contribution is 7.98. The van der Waals surface area contributed by atoms with Crippen LogP contribution < -0.4 is 15.2 Å². The molecule has 1 unspecified atom stereocenters. The van der Waals surface area contributed by atoms with Gasteiger partial charge in [0.2, 0.25) is 0 Å². The maximum atomic E-state index is 12.2. The number of hydrogen-bond acceptors (Lipinski definition) is 5. The predicted molar refractivity (Wildman–Crippen MR) is 81.0 cm³/mol. The van der Waals surface area contributed by atoms with Crippen LogP contribution in [0.4, 0.5) is 0 Å². The number of ether oxygens (including phenoxy) is 1. The summed E-state index contributed by atoms with van der Waals surface area (Å²) in [5.74, 6) is 0.540. The van der Waals surface area contributed by atoms with Crippen LogP contribution in [0, 0.1) is 0 Å². The first-order chi connectivity index (χ1) is 10.2. The zero-order valence-electron chi connectivity index (χ0n) is 11.3. The maximum Gasteiger partial charge on any atom is 0.261 e. The summed E-state index contributed by atoms with van der Waals surface area (Å²) in [5.41, 5.74) is 7.53. The van der Waals surface area contributed by atoms with Crippen LogP contribution >= 0.6 is 11.9 Å². The minimum atomic E-state index is -0.164. The number of hydrogen-bond donors (Lipinski definition) is 2. The molecule has 0 fully saturated rings. The fourth-order valence-corrected chi connectivity index (χ4v) is 2.71. The molecule has 6 heteroatoms. The van der Waals surface area contributed by atoms with Crippen LogP contribution in [-0.4, -0.2) is 17.5 Å². The number of fused-ring (bicyclic) bond motifs is 1. The van der Waals surface area contributed by atoms with Crippen molar-refractivity contribution in [2.75, 3.05) is 6.61 Å². The van der Waals surface area contributed by atoms with E-state index in [0.29, 0.717) is 17.9 Å². The van der Waals surface area contributed by atoms with E-state index < -0.39 is 0 Å². The molecule has 21 heavy (non-hydrogen) atoms. The van der Waals surface area contributed by atoms with E-state index in [4.69, 9.17) is 10.5 Å². The van der Waals surface area contributed by atoms with Crippen LogP contribution in [0.5, 0.6) is 5.75 Å². The van der Waals surface area contributed by atoms with Crippen LogP contribution in [0.15, 0.2) is 47.6 Å². The number of benzene rings is 1. The molecule has 0 spiro atoms. The smallest absolute Gasteiger partial charge is 0.261 e. The van der Waals surface area contributed by atoms with Gasteiger partial charge in [0.05, 0.1) is 6.61 Å². The second-order valence-electron chi connectivity index (χ2n) is 4.71. The highest BCUT2D eigenvalue weighted by Gasteiger charge is 2.19. The van der Waals surface area contributed by atoms with Gasteiger partial charge in [-0.05, 0) is 36.2 Å². The van der Waals surface area contributed by atoms with Gasteiger partial charge >= 0.3 is 0 Å². The van der Waals surface area contributed by atoms with Gasteiger partial charge in [-0.3, -0.25) is 14.5 Å². The number of nitrogens with one attached hydrogen (secondary N) is 1. The minimum absolute atomic E-state index is 0.0166. The molecule has 1 aromatic carbocycles. The van der Waals surface area contributed by atoms with Gasteiger partial charge in [-0.1, -0.05) is 6.07 Å². The molecule has 0 aliphatic carbocycles. The average molecular weight is 301 g/mol. The summed E-state index contributed by atoms with van der Waals surface area (Å²) in [7, 11) is 0. The van der Waals surface area contributed by atoms with Crippen LogP contribution in [0.2, 0.25) is 0 Å². The largest absolute Gasteiger partial charge is 0.493 e. The topological polar surface area (TPSA) is 77.2 Å². The molecule has 0 radical (unpaired) electrons. The van der Waals surface area contributed by atoms with E-state index in [9.17, 15) is 4.79 Å². The van der Waals surface area contributed by atoms with Crippen molar-refractivity contribution in [1.29, 1.82) is 0 Å². The Morgan fingerprint density at radius 1 is 1.33 bits per heavy atom. The first kappa shape index (κ1) is 13.9. The molecule has 2 aromatic rings. The number of nitrogens with zero attached hydrogens (tertiary/aromatic N) is 1. The lowest BCUT2D eigenvalue weighted by atomic mass is 9.99. The quantitative estimate of drug-likeness (QED) is 0.851. The van der Waals surface area contributed by atoms with Gasteiger partial charge < -0.3 is 10.5 Å².